The molecular weight excluding hydrogens is 200 g/mol. The highest BCUT2D eigenvalue weighted by molar-refractivity contribution is 4.87. The molecule has 0 aromatic rings. The molecule has 2 fully saturated rings. The molecule has 2 rings (SSSR count). The molecule has 3 nitrogen and oxygen atoms in total. The van der Waals surface area contributed by atoms with Gasteiger partial charge in [0.25, 0.3) is 0 Å². The molecule has 2 aliphatic rings. The van der Waals surface area contributed by atoms with Crippen LogP contribution in [-0.2, 0) is 4.74 Å². The fourth-order valence-electron chi connectivity index (χ4n) is 3.09. The molecule has 0 amide bonds. The van der Waals surface area contributed by atoms with Crippen molar-refractivity contribution in [1.29, 1.82) is 0 Å². The lowest BCUT2D eigenvalue weighted by Gasteiger charge is -2.40. The van der Waals surface area contributed by atoms with Gasteiger partial charge in [-0.3, -0.25) is 4.90 Å². The summed E-state index contributed by atoms with van der Waals surface area (Å²) in [6, 6.07) is 1.49. The maximum absolute atomic E-state index is 6.20. The summed E-state index contributed by atoms with van der Waals surface area (Å²) in [5, 5.41) is 0. The molecule has 1 saturated heterocycles. The second-order valence-electron chi connectivity index (χ2n) is 5.41. The van der Waals surface area contributed by atoms with Crippen LogP contribution in [0.3, 0.4) is 0 Å². The van der Waals surface area contributed by atoms with E-state index in [1.165, 1.54) is 38.5 Å². The number of rotatable bonds is 2. The van der Waals surface area contributed by atoms with Gasteiger partial charge in [-0.25, -0.2) is 0 Å². The minimum Gasteiger partial charge on any atom is -0.380 e. The normalized spacial score (nSPS) is 33.9. The van der Waals surface area contributed by atoms with Crippen molar-refractivity contribution < 1.29 is 4.74 Å². The number of hydrogen-bond acceptors (Lipinski definition) is 3. The monoisotopic (exact) mass is 226 g/mol. The standard InChI is InChI=1S/C13H26N2O/c1-15(11-6-4-2-3-5-7-11)13-10-16-9-8-12(13)14/h11-13H,2-10,14H2,1H3. The Hall–Kier alpha value is -0.120. The van der Waals surface area contributed by atoms with Crippen LogP contribution in [-0.4, -0.2) is 43.3 Å². The van der Waals surface area contributed by atoms with Gasteiger partial charge in [0.15, 0.2) is 0 Å². The molecule has 3 heteroatoms. The van der Waals surface area contributed by atoms with Crippen molar-refractivity contribution >= 4 is 0 Å². The molecule has 1 heterocycles. The summed E-state index contributed by atoms with van der Waals surface area (Å²) in [5.41, 5.74) is 6.20. The van der Waals surface area contributed by atoms with E-state index in [4.69, 9.17) is 10.5 Å². The lowest BCUT2D eigenvalue weighted by molar-refractivity contribution is -0.00210. The summed E-state index contributed by atoms with van der Waals surface area (Å²) in [7, 11) is 2.25. The highest BCUT2D eigenvalue weighted by atomic mass is 16.5. The zero-order valence-corrected chi connectivity index (χ0v) is 10.5. The molecule has 2 unspecified atom stereocenters. The number of hydrogen-bond donors (Lipinski definition) is 1. The molecule has 1 aliphatic carbocycles. The predicted octanol–water partition coefficient (Wildman–Crippen LogP) is 1.76. The lowest BCUT2D eigenvalue weighted by atomic mass is 9.99. The van der Waals surface area contributed by atoms with Crippen LogP contribution in [0.25, 0.3) is 0 Å². The Kier molecular flexibility index (Phi) is 4.62. The summed E-state index contributed by atoms with van der Waals surface area (Å²) < 4.78 is 5.57. The maximum Gasteiger partial charge on any atom is 0.0636 e. The van der Waals surface area contributed by atoms with Crippen LogP contribution in [0.5, 0.6) is 0 Å². The second kappa shape index (κ2) is 5.99. The molecular formula is C13H26N2O. The van der Waals surface area contributed by atoms with Crippen LogP contribution in [0.2, 0.25) is 0 Å². The zero-order valence-electron chi connectivity index (χ0n) is 10.5. The Labute approximate surface area is 99.3 Å². The fourth-order valence-corrected chi connectivity index (χ4v) is 3.09. The van der Waals surface area contributed by atoms with E-state index in [1.54, 1.807) is 0 Å². The van der Waals surface area contributed by atoms with Gasteiger partial charge in [0, 0.05) is 24.7 Å². The molecule has 0 radical (unpaired) electrons. The molecule has 0 aromatic heterocycles. The van der Waals surface area contributed by atoms with Crippen molar-refractivity contribution in [2.75, 3.05) is 20.3 Å². The van der Waals surface area contributed by atoms with Crippen molar-refractivity contribution in [3.8, 4) is 0 Å². The highest BCUT2D eigenvalue weighted by Crippen LogP contribution is 2.24. The molecule has 1 aliphatic heterocycles. The molecule has 16 heavy (non-hydrogen) atoms. The first-order valence-electron chi connectivity index (χ1n) is 6.84. The van der Waals surface area contributed by atoms with E-state index >= 15 is 0 Å². The third-order valence-electron chi connectivity index (χ3n) is 4.30. The van der Waals surface area contributed by atoms with Crippen molar-refractivity contribution in [2.45, 2.75) is 63.1 Å². The molecule has 2 atom stereocenters. The first kappa shape index (κ1) is 12.3. The van der Waals surface area contributed by atoms with E-state index in [0.29, 0.717) is 12.1 Å². The van der Waals surface area contributed by atoms with Crippen LogP contribution < -0.4 is 5.73 Å². The van der Waals surface area contributed by atoms with Gasteiger partial charge in [0.05, 0.1) is 6.61 Å². The van der Waals surface area contributed by atoms with Gasteiger partial charge >= 0.3 is 0 Å². The van der Waals surface area contributed by atoms with Crippen molar-refractivity contribution in [1.82, 2.24) is 4.90 Å². The van der Waals surface area contributed by atoms with E-state index < -0.39 is 0 Å². The van der Waals surface area contributed by atoms with E-state index in [1.807, 2.05) is 0 Å². The summed E-state index contributed by atoms with van der Waals surface area (Å²) in [5.74, 6) is 0. The van der Waals surface area contributed by atoms with Crippen LogP contribution in [0.15, 0.2) is 0 Å². The molecule has 2 N–H and O–H groups in total. The molecule has 0 bridgehead atoms. The van der Waals surface area contributed by atoms with Gasteiger partial charge in [-0.15, -0.1) is 0 Å². The van der Waals surface area contributed by atoms with Crippen LogP contribution >= 0.6 is 0 Å². The van der Waals surface area contributed by atoms with Gasteiger partial charge in [-0.2, -0.15) is 0 Å². The Balaban J connectivity index is 1.90. The van der Waals surface area contributed by atoms with E-state index in [-0.39, 0.29) is 0 Å². The first-order chi connectivity index (χ1) is 7.79. The minimum absolute atomic E-state index is 0.307. The number of nitrogens with zero attached hydrogens (tertiary/aromatic N) is 1. The smallest absolute Gasteiger partial charge is 0.0636 e. The number of likely N-dealkylation sites (N-methyl/N-ethyl adjacent to an activating group) is 1. The van der Waals surface area contributed by atoms with Gasteiger partial charge in [0.2, 0.25) is 0 Å². The topological polar surface area (TPSA) is 38.5 Å². The Bertz CT molecular complexity index is 202. The third kappa shape index (κ3) is 2.96. The molecule has 0 aromatic carbocycles. The maximum atomic E-state index is 6.20. The van der Waals surface area contributed by atoms with Crippen LogP contribution in [0.4, 0.5) is 0 Å². The predicted molar refractivity (Wildman–Crippen MR) is 66.5 cm³/mol. The van der Waals surface area contributed by atoms with Crippen molar-refractivity contribution in [2.24, 2.45) is 5.73 Å². The van der Waals surface area contributed by atoms with Gasteiger partial charge in [-0.1, -0.05) is 25.7 Å². The quantitative estimate of drug-likeness (QED) is 0.729. The Morgan fingerprint density at radius 1 is 1.06 bits per heavy atom. The van der Waals surface area contributed by atoms with Gasteiger partial charge in [0.1, 0.15) is 0 Å². The van der Waals surface area contributed by atoms with Gasteiger partial charge in [-0.05, 0) is 26.3 Å². The molecule has 94 valence electrons. The lowest BCUT2D eigenvalue weighted by Crippen LogP contribution is -2.55. The summed E-state index contributed by atoms with van der Waals surface area (Å²) in [6.07, 6.45) is 9.31. The summed E-state index contributed by atoms with van der Waals surface area (Å²) in [4.78, 5) is 2.51. The summed E-state index contributed by atoms with van der Waals surface area (Å²) >= 11 is 0. The Morgan fingerprint density at radius 2 is 1.75 bits per heavy atom. The zero-order chi connectivity index (χ0) is 11.4. The number of ether oxygens (including phenoxy) is 1. The van der Waals surface area contributed by atoms with E-state index in [2.05, 4.69) is 11.9 Å². The average Bonchev–Trinajstić information content (AvgIpc) is 2.57. The minimum atomic E-state index is 0.307. The fraction of sp³-hybridized carbons (Fsp3) is 1.00. The first-order valence-corrected chi connectivity index (χ1v) is 6.84. The summed E-state index contributed by atoms with van der Waals surface area (Å²) in [6.45, 7) is 1.67. The van der Waals surface area contributed by atoms with Crippen LogP contribution in [0, 0.1) is 0 Å². The van der Waals surface area contributed by atoms with Crippen LogP contribution in [0.1, 0.15) is 44.9 Å². The van der Waals surface area contributed by atoms with E-state index in [9.17, 15) is 0 Å². The molecule has 0 spiro atoms. The Morgan fingerprint density at radius 3 is 2.38 bits per heavy atom. The third-order valence-corrected chi connectivity index (χ3v) is 4.30. The molecule has 1 saturated carbocycles. The average molecular weight is 226 g/mol. The largest absolute Gasteiger partial charge is 0.380 e. The van der Waals surface area contributed by atoms with Gasteiger partial charge < -0.3 is 10.5 Å². The number of nitrogens with two attached hydrogens (primary N) is 1. The SMILES string of the molecule is CN(C1CCCCCC1)C1COCCC1N. The van der Waals surface area contributed by atoms with Crippen molar-refractivity contribution in [3.63, 3.8) is 0 Å². The van der Waals surface area contributed by atoms with E-state index in [0.717, 1.165) is 25.7 Å². The second-order valence-corrected chi connectivity index (χ2v) is 5.41. The van der Waals surface area contributed by atoms with Crippen molar-refractivity contribution in [3.05, 3.63) is 0 Å². The highest BCUT2D eigenvalue weighted by Gasteiger charge is 2.30.